The first kappa shape index (κ1) is 15.0. The number of hydrogen-bond acceptors (Lipinski definition) is 2. The van der Waals surface area contributed by atoms with Gasteiger partial charge in [-0.2, -0.15) is 0 Å². The Morgan fingerprint density at radius 1 is 1.25 bits per heavy atom. The zero-order chi connectivity index (χ0) is 14.5. The van der Waals surface area contributed by atoms with E-state index in [-0.39, 0.29) is 5.56 Å². The van der Waals surface area contributed by atoms with Crippen LogP contribution in [0.15, 0.2) is 23.1 Å². The summed E-state index contributed by atoms with van der Waals surface area (Å²) in [7, 11) is 0. The maximum absolute atomic E-state index is 12.3. The summed E-state index contributed by atoms with van der Waals surface area (Å²) >= 11 is 5.86. The van der Waals surface area contributed by atoms with Crippen LogP contribution in [0.4, 0.5) is 0 Å². The average molecular weight is 293 g/mol. The zero-order valence-corrected chi connectivity index (χ0v) is 12.8. The lowest BCUT2D eigenvalue weighted by Crippen LogP contribution is -2.16. The molecule has 0 fully saturated rings. The van der Waals surface area contributed by atoms with Crippen molar-refractivity contribution in [3.63, 3.8) is 0 Å². The number of fused-ring (bicyclic) bond motifs is 1. The van der Waals surface area contributed by atoms with Crippen LogP contribution in [-0.2, 0) is 0 Å². The van der Waals surface area contributed by atoms with Crippen LogP contribution in [-0.4, -0.2) is 9.97 Å². The van der Waals surface area contributed by atoms with Gasteiger partial charge in [-0.1, -0.05) is 44.7 Å². The molecule has 108 valence electrons. The molecule has 1 atom stereocenters. The fourth-order valence-electron chi connectivity index (χ4n) is 2.65. The van der Waals surface area contributed by atoms with E-state index >= 15 is 0 Å². The fourth-order valence-corrected chi connectivity index (χ4v) is 2.81. The second kappa shape index (κ2) is 6.89. The summed E-state index contributed by atoms with van der Waals surface area (Å²) < 4.78 is 0. The number of nitrogens with zero attached hydrogens (tertiary/aromatic N) is 1. The standard InChI is InChI=1S/C16H21ClN2O/c1-3-5-7-11(6-4-2)13-8-12-10-18-15(17)9-14(12)19-16(13)20/h8-11H,3-7H2,1-2H3,(H,19,20). The lowest BCUT2D eigenvalue weighted by atomic mass is 9.90. The number of rotatable bonds is 6. The smallest absolute Gasteiger partial charge is 0.251 e. The minimum absolute atomic E-state index is 0.00863. The number of pyridine rings is 2. The molecule has 0 saturated carbocycles. The molecule has 0 radical (unpaired) electrons. The maximum Gasteiger partial charge on any atom is 0.251 e. The van der Waals surface area contributed by atoms with Gasteiger partial charge in [0.05, 0.1) is 5.52 Å². The summed E-state index contributed by atoms with van der Waals surface area (Å²) in [5.74, 6) is 0.337. The van der Waals surface area contributed by atoms with Gasteiger partial charge in [-0.15, -0.1) is 0 Å². The molecule has 4 heteroatoms. The van der Waals surface area contributed by atoms with E-state index in [1.165, 1.54) is 0 Å². The Labute approximate surface area is 124 Å². The lowest BCUT2D eigenvalue weighted by molar-refractivity contribution is 0.537. The van der Waals surface area contributed by atoms with Crippen LogP contribution in [0.1, 0.15) is 57.4 Å². The molecule has 0 bridgehead atoms. The molecule has 20 heavy (non-hydrogen) atoms. The second-order valence-electron chi connectivity index (χ2n) is 5.28. The van der Waals surface area contributed by atoms with Crippen molar-refractivity contribution in [1.29, 1.82) is 0 Å². The van der Waals surface area contributed by atoms with Crippen LogP contribution >= 0.6 is 11.6 Å². The summed E-state index contributed by atoms with van der Waals surface area (Å²) in [5.41, 5.74) is 1.65. The molecule has 0 aromatic carbocycles. The van der Waals surface area contributed by atoms with Crippen molar-refractivity contribution in [2.45, 2.75) is 51.9 Å². The Bertz CT molecular complexity index is 636. The van der Waals surface area contributed by atoms with E-state index in [2.05, 4.69) is 23.8 Å². The first-order chi connectivity index (χ1) is 9.65. The summed E-state index contributed by atoms with van der Waals surface area (Å²) in [5, 5.41) is 1.35. The Morgan fingerprint density at radius 2 is 2.05 bits per heavy atom. The van der Waals surface area contributed by atoms with Crippen molar-refractivity contribution >= 4 is 22.5 Å². The maximum atomic E-state index is 12.3. The molecule has 2 heterocycles. The van der Waals surface area contributed by atoms with Crippen LogP contribution in [0.2, 0.25) is 5.15 Å². The first-order valence-corrected chi connectivity index (χ1v) is 7.72. The second-order valence-corrected chi connectivity index (χ2v) is 5.66. The molecular formula is C16H21ClN2O. The van der Waals surface area contributed by atoms with Gasteiger partial charge in [0.1, 0.15) is 5.15 Å². The van der Waals surface area contributed by atoms with Crippen LogP contribution in [0, 0.1) is 0 Å². The number of aromatic amines is 1. The Kier molecular flexibility index (Phi) is 5.18. The van der Waals surface area contributed by atoms with Gasteiger partial charge >= 0.3 is 0 Å². The summed E-state index contributed by atoms with van der Waals surface area (Å²) in [6, 6.07) is 3.68. The summed E-state index contributed by atoms with van der Waals surface area (Å²) in [6.07, 6.45) is 7.24. The fraction of sp³-hybridized carbons (Fsp3) is 0.500. The SMILES string of the molecule is CCCCC(CCC)c1cc2cnc(Cl)cc2[nH]c1=O. The van der Waals surface area contributed by atoms with Crippen molar-refractivity contribution in [2.24, 2.45) is 0 Å². The predicted molar refractivity (Wildman–Crippen MR) is 84.5 cm³/mol. The third-order valence-corrected chi connectivity index (χ3v) is 3.91. The number of aromatic nitrogens is 2. The number of nitrogens with one attached hydrogen (secondary N) is 1. The van der Waals surface area contributed by atoms with Gasteiger partial charge in [0.25, 0.3) is 5.56 Å². The summed E-state index contributed by atoms with van der Waals surface area (Å²) in [4.78, 5) is 19.3. The summed E-state index contributed by atoms with van der Waals surface area (Å²) in [6.45, 7) is 4.34. The number of unbranched alkanes of at least 4 members (excludes halogenated alkanes) is 1. The van der Waals surface area contributed by atoms with Gasteiger partial charge in [-0.25, -0.2) is 4.98 Å². The predicted octanol–water partition coefficient (Wildman–Crippen LogP) is 4.65. The van der Waals surface area contributed by atoms with Crippen LogP contribution in [0.5, 0.6) is 0 Å². The topological polar surface area (TPSA) is 45.8 Å². The Balaban J connectivity index is 2.43. The van der Waals surface area contributed by atoms with Gasteiger partial charge in [0, 0.05) is 17.1 Å². The van der Waals surface area contributed by atoms with Gasteiger partial charge < -0.3 is 4.98 Å². The van der Waals surface area contributed by atoms with Gasteiger partial charge in [-0.3, -0.25) is 4.79 Å². The van der Waals surface area contributed by atoms with E-state index in [4.69, 9.17) is 11.6 Å². The molecule has 3 nitrogen and oxygen atoms in total. The monoisotopic (exact) mass is 292 g/mol. The number of hydrogen-bond donors (Lipinski definition) is 1. The molecule has 0 aliphatic carbocycles. The van der Waals surface area contributed by atoms with E-state index in [0.717, 1.165) is 48.6 Å². The number of halogens is 1. The normalized spacial score (nSPS) is 12.8. The third-order valence-electron chi connectivity index (χ3n) is 3.71. The minimum atomic E-state index is 0.00863. The average Bonchev–Trinajstić information content (AvgIpc) is 2.43. The molecule has 2 aromatic rings. The molecule has 0 spiro atoms. The molecule has 2 rings (SSSR count). The molecular weight excluding hydrogens is 272 g/mol. The molecule has 1 unspecified atom stereocenters. The van der Waals surface area contributed by atoms with Crippen molar-refractivity contribution in [2.75, 3.05) is 0 Å². The van der Waals surface area contributed by atoms with Crippen molar-refractivity contribution in [3.8, 4) is 0 Å². The van der Waals surface area contributed by atoms with Gasteiger partial charge in [0.15, 0.2) is 0 Å². The van der Waals surface area contributed by atoms with Crippen LogP contribution in [0.25, 0.3) is 10.9 Å². The molecule has 2 aromatic heterocycles. The highest BCUT2D eigenvalue weighted by Crippen LogP contribution is 2.26. The molecule has 1 N–H and O–H groups in total. The highest BCUT2D eigenvalue weighted by atomic mass is 35.5. The Morgan fingerprint density at radius 3 is 2.75 bits per heavy atom. The largest absolute Gasteiger partial charge is 0.322 e. The van der Waals surface area contributed by atoms with E-state index in [0.29, 0.717) is 11.1 Å². The highest BCUT2D eigenvalue weighted by Gasteiger charge is 2.15. The van der Waals surface area contributed by atoms with E-state index < -0.39 is 0 Å². The highest BCUT2D eigenvalue weighted by molar-refractivity contribution is 6.29. The van der Waals surface area contributed by atoms with Crippen molar-refractivity contribution in [1.82, 2.24) is 9.97 Å². The third kappa shape index (κ3) is 3.40. The van der Waals surface area contributed by atoms with Crippen LogP contribution < -0.4 is 5.56 Å². The Hall–Kier alpha value is -1.35. The first-order valence-electron chi connectivity index (χ1n) is 7.34. The van der Waals surface area contributed by atoms with E-state index in [9.17, 15) is 4.79 Å². The minimum Gasteiger partial charge on any atom is -0.322 e. The molecule has 0 aliphatic heterocycles. The lowest BCUT2D eigenvalue weighted by Gasteiger charge is -2.16. The molecule has 0 amide bonds. The van der Waals surface area contributed by atoms with E-state index in [1.54, 1.807) is 12.3 Å². The van der Waals surface area contributed by atoms with Crippen LogP contribution in [0.3, 0.4) is 0 Å². The quantitative estimate of drug-likeness (QED) is 0.788. The van der Waals surface area contributed by atoms with Gasteiger partial charge in [0.2, 0.25) is 0 Å². The zero-order valence-electron chi connectivity index (χ0n) is 12.1. The van der Waals surface area contributed by atoms with Crippen molar-refractivity contribution < 1.29 is 0 Å². The molecule has 0 saturated heterocycles. The molecule has 0 aliphatic rings. The number of H-pyrrole nitrogens is 1. The van der Waals surface area contributed by atoms with E-state index in [1.807, 2.05) is 6.07 Å². The van der Waals surface area contributed by atoms with Gasteiger partial charge in [-0.05, 0) is 30.9 Å². The van der Waals surface area contributed by atoms with Crippen molar-refractivity contribution in [3.05, 3.63) is 39.4 Å².